The van der Waals surface area contributed by atoms with Crippen molar-refractivity contribution in [2.24, 2.45) is 10.9 Å². The molecule has 0 spiro atoms. The molecule has 0 saturated carbocycles. The van der Waals surface area contributed by atoms with Gasteiger partial charge in [0.15, 0.2) is 5.96 Å². The third kappa shape index (κ3) is 6.04. The highest BCUT2D eigenvalue weighted by Gasteiger charge is 2.28. The Kier molecular flexibility index (Phi) is 7.95. The van der Waals surface area contributed by atoms with E-state index in [0.717, 1.165) is 32.0 Å². The molecule has 5 heteroatoms. The minimum Gasteiger partial charge on any atom is -0.357 e. The van der Waals surface area contributed by atoms with Crippen LogP contribution in [0, 0.1) is 5.92 Å². The molecule has 1 amide bonds. The molecular formula is C21H34N4O. The molecule has 144 valence electrons. The highest BCUT2D eigenvalue weighted by atomic mass is 16.1. The van der Waals surface area contributed by atoms with Crippen molar-refractivity contribution in [3.05, 3.63) is 35.9 Å². The normalized spacial score (nSPS) is 21.0. The quantitative estimate of drug-likeness (QED) is 0.607. The van der Waals surface area contributed by atoms with Crippen molar-refractivity contribution < 1.29 is 4.79 Å². The number of likely N-dealkylation sites (tertiary alicyclic amines) is 1. The molecule has 1 aliphatic heterocycles. The molecule has 0 aliphatic carbocycles. The van der Waals surface area contributed by atoms with Crippen LogP contribution >= 0.6 is 0 Å². The summed E-state index contributed by atoms with van der Waals surface area (Å²) in [5.74, 6) is 2.17. The first-order valence-electron chi connectivity index (χ1n) is 9.88. The summed E-state index contributed by atoms with van der Waals surface area (Å²) in [6.45, 7) is 11.7. The number of carbonyl (C=O) groups is 1. The van der Waals surface area contributed by atoms with Crippen LogP contribution < -0.4 is 10.6 Å². The fourth-order valence-electron chi connectivity index (χ4n) is 3.62. The lowest BCUT2D eigenvalue weighted by Crippen LogP contribution is -2.48. The highest BCUT2D eigenvalue weighted by molar-refractivity contribution is 5.81. The summed E-state index contributed by atoms with van der Waals surface area (Å²) in [5.41, 5.74) is 1.44. The van der Waals surface area contributed by atoms with Crippen LogP contribution in [-0.2, 0) is 4.79 Å². The number of benzene rings is 1. The number of guanidine groups is 1. The van der Waals surface area contributed by atoms with Gasteiger partial charge in [-0.25, -0.2) is 0 Å². The predicted molar refractivity (Wildman–Crippen MR) is 108 cm³/mol. The van der Waals surface area contributed by atoms with Crippen molar-refractivity contribution in [3.8, 4) is 0 Å². The van der Waals surface area contributed by atoms with Crippen LogP contribution in [0.25, 0.3) is 0 Å². The lowest BCUT2D eigenvalue weighted by Gasteiger charge is -2.39. The number of rotatable bonds is 6. The smallest absolute Gasteiger partial charge is 0.222 e. The molecule has 26 heavy (non-hydrogen) atoms. The minimum absolute atomic E-state index is 0.0655. The van der Waals surface area contributed by atoms with Crippen LogP contribution in [0.4, 0.5) is 0 Å². The van der Waals surface area contributed by atoms with E-state index in [9.17, 15) is 4.79 Å². The van der Waals surface area contributed by atoms with Gasteiger partial charge in [-0.2, -0.15) is 0 Å². The number of hydrogen-bond donors (Lipinski definition) is 2. The Morgan fingerprint density at radius 1 is 1.31 bits per heavy atom. The molecule has 2 rings (SSSR count). The lowest BCUT2D eigenvalue weighted by atomic mass is 9.82. The summed E-state index contributed by atoms with van der Waals surface area (Å²) in [6.07, 6.45) is 1.56. The largest absolute Gasteiger partial charge is 0.357 e. The van der Waals surface area contributed by atoms with E-state index in [1.807, 2.05) is 13.8 Å². The van der Waals surface area contributed by atoms with E-state index in [0.29, 0.717) is 24.8 Å². The van der Waals surface area contributed by atoms with E-state index >= 15 is 0 Å². The van der Waals surface area contributed by atoms with E-state index in [-0.39, 0.29) is 11.9 Å². The van der Waals surface area contributed by atoms with Gasteiger partial charge in [-0.1, -0.05) is 37.3 Å². The third-order valence-corrected chi connectivity index (χ3v) is 4.82. The maximum absolute atomic E-state index is 11.8. The van der Waals surface area contributed by atoms with E-state index in [1.165, 1.54) is 5.56 Å². The van der Waals surface area contributed by atoms with Gasteiger partial charge in [0.1, 0.15) is 0 Å². The van der Waals surface area contributed by atoms with Crippen LogP contribution in [0.5, 0.6) is 0 Å². The van der Waals surface area contributed by atoms with E-state index in [4.69, 9.17) is 0 Å². The standard InChI is InChI=1S/C21H34N4O/c1-5-22-21(23-13-11-20(26)24-16(2)3)25-14-12-19(17(4)15-25)18-9-7-6-8-10-18/h6-10,16-17,19H,5,11-15H2,1-4H3,(H,22,23)(H,24,26). The molecule has 0 aromatic heterocycles. The van der Waals surface area contributed by atoms with Gasteiger partial charge < -0.3 is 15.5 Å². The lowest BCUT2D eigenvalue weighted by molar-refractivity contribution is -0.121. The second-order valence-corrected chi connectivity index (χ2v) is 7.44. The molecule has 2 unspecified atom stereocenters. The van der Waals surface area contributed by atoms with Crippen LogP contribution in [0.2, 0.25) is 0 Å². The molecule has 1 heterocycles. The van der Waals surface area contributed by atoms with Crippen molar-refractivity contribution in [2.75, 3.05) is 26.2 Å². The number of carbonyl (C=O) groups excluding carboxylic acids is 1. The molecule has 2 atom stereocenters. The van der Waals surface area contributed by atoms with Crippen molar-refractivity contribution in [3.63, 3.8) is 0 Å². The zero-order chi connectivity index (χ0) is 18.9. The fourth-order valence-corrected chi connectivity index (χ4v) is 3.62. The van der Waals surface area contributed by atoms with Gasteiger partial charge in [0.25, 0.3) is 0 Å². The van der Waals surface area contributed by atoms with Crippen molar-refractivity contribution in [1.82, 2.24) is 15.5 Å². The Balaban J connectivity index is 1.94. The number of hydrogen-bond acceptors (Lipinski definition) is 2. The predicted octanol–water partition coefficient (Wildman–Crippen LogP) is 2.99. The maximum atomic E-state index is 11.8. The molecule has 0 radical (unpaired) electrons. The Morgan fingerprint density at radius 3 is 2.65 bits per heavy atom. The fraction of sp³-hybridized carbons (Fsp3) is 0.619. The first kappa shape index (κ1) is 20.3. The third-order valence-electron chi connectivity index (χ3n) is 4.82. The molecule has 1 fully saturated rings. The number of nitrogens with zero attached hydrogens (tertiary/aromatic N) is 2. The Morgan fingerprint density at radius 2 is 2.04 bits per heavy atom. The van der Waals surface area contributed by atoms with Gasteiger partial charge in [-0.3, -0.25) is 9.79 Å². The molecule has 2 N–H and O–H groups in total. The van der Waals surface area contributed by atoms with Crippen LogP contribution in [0.3, 0.4) is 0 Å². The summed E-state index contributed by atoms with van der Waals surface area (Å²) in [5, 5.41) is 6.30. The summed E-state index contributed by atoms with van der Waals surface area (Å²) in [4.78, 5) is 18.8. The second-order valence-electron chi connectivity index (χ2n) is 7.44. The number of aliphatic imine (C=N–C) groups is 1. The summed E-state index contributed by atoms with van der Waals surface area (Å²) < 4.78 is 0. The second kappa shape index (κ2) is 10.2. The molecule has 5 nitrogen and oxygen atoms in total. The molecule has 1 aromatic carbocycles. The molecule has 1 aliphatic rings. The van der Waals surface area contributed by atoms with Gasteiger partial charge >= 0.3 is 0 Å². The first-order valence-corrected chi connectivity index (χ1v) is 9.88. The van der Waals surface area contributed by atoms with Crippen LogP contribution in [0.1, 0.15) is 52.0 Å². The zero-order valence-electron chi connectivity index (χ0n) is 16.7. The topological polar surface area (TPSA) is 56.7 Å². The van der Waals surface area contributed by atoms with E-state index in [1.54, 1.807) is 0 Å². The SMILES string of the molecule is CCNC(=NCCC(=O)NC(C)C)N1CCC(c2ccccc2)C(C)C1. The Bertz CT molecular complexity index is 585. The van der Waals surface area contributed by atoms with Crippen LogP contribution in [0.15, 0.2) is 35.3 Å². The van der Waals surface area contributed by atoms with Gasteiger partial charge in [-0.05, 0) is 44.6 Å². The van der Waals surface area contributed by atoms with Crippen molar-refractivity contribution in [1.29, 1.82) is 0 Å². The minimum atomic E-state index is 0.0655. The van der Waals surface area contributed by atoms with Gasteiger partial charge in [0.2, 0.25) is 5.91 Å². The molecule has 1 saturated heterocycles. The summed E-state index contributed by atoms with van der Waals surface area (Å²) in [6, 6.07) is 11.0. The van der Waals surface area contributed by atoms with Gasteiger partial charge in [0, 0.05) is 32.1 Å². The average Bonchev–Trinajstić information content (AvgIpc) is 2.61. The van der Waals surface area contributed by atoms with Gasteiger partial charge in [-0.15, -0.1) is 0 Å². The zero-order valence-corrected chi connectivity index (χ0v) is 16.7. The molecule has 1 aromatic rings. The number of piperidine rings is 1. The Hall–Kier alpha value is -2.04. The average molecular weight is 359 g/mol. The van der Waals surface area contributed by atoms with Crippen molar-refractivity contribution in [2.45, 2.75) is 52.5 Å². The highest BCUT2D eigenvalue weighted by Crippen LogP contribution is 2.32. The first-order chi connectivity index (χ1) is 12.5. The molecular weight excluding hydrogens is 324 g/mol. The van der Waals surface area contributed by atoms with E-state index < -0.39 is 0 Å². The number of amides is 1. The summed E-state index contributed by atoms with van der Waals surface area (Å²) in [7, 11) is 0. The maximum Gasteiger partial charge on any atom is 0.222 e. The van der Waals surface area contributed by atoms with Crippen molar-refractivity contribution >= 4 is 11.9 Å². The molecule has 0 bridgehead atoms. The van der Waals surface area contributed by atoms with E-state index in [2.05, 4.69) is 64.7 Å². The van der Waals surface area contributed by atoms with Gasteiger partial charge in [0.05, 0.1) is 6.54 Å². The number of nitrogens with one attached hydrogen (secondary N) is 2. The Labute approximate surface area is 158 Å². The monoisotopic (exact) mass is 358 g/mol. The van der Waals surface area contributed by atoms with Crippen LogP contribution in [-0.4, -0.2) is 49.0 Å². The summed E-state index contributed by atoms with van der Waals surface area (Å²) >= 11 is 0.